The summed E-state index contributed by atoms with van der Waals surface area (Å²) in [6.07, 6.45) is 1.56. The van der Waals surface area contributed by atoms with E-state index in [1.165, 1.54) is 0 Å². The molecule has 1 heterocycles. The molecule has 0 spiro atoms. The zero-order chi connectivity index (χ0) is 20.2. The van der Waals surface area contributed by atoms with E-state index in [0.29, 0.717) is 16.4 Å². The van der Waals surface area contributed by atoms with Crippen LogP contribution in [0.2, 0.25) is 5.02 Å². The highest BCUT2D eigenvalue weighted by Gasteiger charge is 2.11. The third-order valence-corrected chi connectivity index (χ3v) is 4.68. The molecule has 1 amide bonds. The largest absolute Gasteiger partial charge is 0.497 e. The number of imidazole rings is 1. The maximum atomic E-state index is 12.4. The summed E-state index contributed by atoms with van der Waals surface area (Å²) >= 11 is 6.25. The molecular formula is C22H17ClN4O2. The summed E-state index contributed by atoms with van der Waals surface area (Å²) in [7, 11) is 1.60. The summed E-state index contributed by atoms with van der Waals surface area (Å²) in [5, 5.41) is 4.62. The fourth-order valence-corrected chi connectivity index (χ4v) is 3.11. The number of fused-ring (bicyclic) bond motifs is 1. The van der Waals surface area contributed by atoms with Gasteiger partial charge < -0.3 is 9.72 Å². The Morgan fingerprint density at radius 3 is 2.83 bits per heavy atom. The number of rotatable bonds is 5. The van der Waals surface area contributed by atoms with Crippen LogP contribution in [0.3, 0.4) is 0 Å². The van der Waals surface area contributed by atoms with E-state index in [2.05, 4.69) is 20.5 Å². The Kier molecular flexibility index (Phi) is 5.27. The van der Waals surface area contributed by atoms with Crippen LogP contribution in [-0.4, -0.2) is 29.2 Å². The zero-order valence-corrected chi connectivity index (χ0v) is 16.3. The van der Waals surface area contributed by atoms with Crippen LogP contribution in [0.1, 0.15) is 15.9 Å². The molecule has 0 saturated heterocycles. The quantitative estimate of drug-likeness (QED) is 0.375. The SMILES string of the molecule is COc1cccc(/C=N/NC(=O)c2ccc3nc(-c4ccccc4Cl)[nH]c3c2)c1. The molecule has 0 aliphatic heterocycles. The van der Waals surface area contributed by atoms with Crippen molar-refractivity contribution in [2.24, 2.45) is 5.10 Å². The van der Waals surface area contributed by atoms with Gasteiger partial charge in [0.25, 0.3) is 5.91 Å². The summed E-state index contributed by atoms with van der Waals surface area (Å²) < 4.78 is 5.17. The van der Waals surface area contributed by atoms with Gasteiger partial charge in [0, 0.05) is 11.1 Å². The maximum absolute atomic E-state index is 12.4. The predicted octanol–water partition coefficient (Wildman–Crippen LogP) is 4.66. The lowest BCUT2D eigenvalue weighted by Gasteiger charge is -2.01. The van der Waals surface area contributed by atoms with Crippen LogP contribution in [0.4, 0.5) is 0 Å². The number of H-pyrrole nitrogens is 1. The Hall–Kier alpha value is -3.64. The number of halogens is 1. The van der Waals surface area contributed by atoms with Gasteiger partial charge in [-0.1, -0.05) is 35.9 Å². The fourth-order valence-electron chi connectivity index (χ4n) is 2.88. The van der Waals surface area contributed by atoms with Crippen molar-refractivity contribution >= 4 is 34.8 Å². The molecule has 4 aromatic rings. The highest BCUT2D eigenvalue weighted by Crippen LogP contribution is 2.27. The van der Waals surface area contributed by atoms with Gasteiger partial charge in [0.05, 0.1) is 29.4 Å². The molecule has 144 valence electrons. The highest BCUT2D eigenvalue weighted by molar-refractivity contribution is 6.33. The third-order valence-electron chi connectivity index (χ3n) is 4.35. The van der Waals surface area contributed by atoms with Gasteiger partial charge in [-0.3, -0.25) is 4.79 Å². The maximum Gasteiger partial charge on any atom is 0.271 e. The van der Waals surface area contributed by atoms with Crippen molar-refractivity contribution in [2.75, 3.05) is 7.11 Å². The zero-order valence-electron chi connectivity index (χ0n) is 15.5. The van der Waals surface area contributed by atoms with Crippen molar-refractivity contribution in [1.29, 1.82) is 0 Å². The molecule has 4 rings (SSSR count). The molecule has 3 aromatic carbocycles. The number of benzene rings is 3. The number of aromatic nitrogens is 2. The van der Waals surface area contributed by atoms with Gasteiger partial charge >= 0.3 is 0 Å². The molecule has 0 radical (unpaired) electrons. The second-order valence-corrected chi connectivity index (χ2v) is 6.68. The molecule has 7 heteroatoms. The average molecular weight is 405 g/mol. The Bertz CT molecular complexity index is 1220. The minimum absolute atomic E-state index is 0.320. The van der Waals surface area contributed by atoms with E-state index in [-0.39, 0.29) is 5.91 Å². The Morgan fingerprint density at radius 1 is 1.14 bits per heavy atom. The van der Waals surface area contributed by atoms with Gasteiger partial charge in [-0.05, 0) is 48.0 Å². The van der Waals surface area contributed by atoms with E-state index in [1.807, 2.05) is 48.5 Å². The molecule has 0 aliphatic carbocycles. The normalized spacial score (nSPS) is 11.1. The first kappa shape index (κ1) is 18.7. The number of hydrogen-bond donors (Lipinski definition) is 2. The smallest absolute Gasteiger partial charge is 0.271 e. The molecule has 1 aromatic heterocycles. The van der Waals surface area contributed by atoms with Gasteiger partial charge in [-0.25, -0.2) is 10.4 Å². The second-order valence-electron chi connectivity index (χ2n) is 6.27. The van der Waals surface area contributed by atoms with Crippen LogP contribution in [0.5, 0.6) is 5.75 Å². The summed E-state index contributed by atoms with van der Waals surface area (Å²) in [6, 6.07) is 20.1. The molecule has 0 atom stereocenters. The number of hydrogen-bond acceptors (Lipinski definition) is 4. The molecule has 29 heavy (non-hydrogen) atoms. The minimum Gasteiger partial charge on any atom is -0.497 e. The van der Waals surface area contributed by atoms with Crippen molar-refractivity contribution in [3.05, 3.63) is 82.9 Å². The second kappa shape index (κ2) is 8.16. The van der Waals surface area contributed by atoms with Crippen molar-refractivity contribution in [1.82, 2.24) is 15.4 Å². The van der Waals surface area contributed by atoms with Gasteiger partial charge in [-0.2, -0.15) is 5.10 Å². The molecular weight excluding hydrogens is 388 g/mol. The first-order valence-corrected chi connectivity index (χ1v) is 9.24. The topological polar surface area (TPSA) is 79.4 Å². The van der Waals surface area contributed by atoms with Crippen LogP contribution in [0.25, 0.3) is 22.4 Å². The fraction of sp³-hybridized carbons (Fsp3) is 0.0455. The van der Waals surface area contributed by atoms with Crippen molar-refractivity contribution in [3.8, 4) is 17.1 Å². The number of hydrazone groups is 1. The molecule has 0 bridgehead atoms. The summed E-state index contributed by atoms with van der Waals surface area (Å²) in [6.45, 7) is 0. The van der Waals surface area contributed by atoms with Gasteiger partial charge in [-0.15, -0.1) is 0 Å². The standard InChI is InChI=1S/C22H17ClN4O2/c1-29-16-6-4-5-14(11-16)13-24-27-22(28)15-9-10-19-20(12-15)26-21(25-19)17-7-2-3-8-18(17)23/h2-13H,1H3,(H,25,26)(H,27,28)/b24-13+. The Morgan fingerprint density at radius 2 is 2.00 bits per heavy atom. The summed E-state index contributed by atoms with van der Waals surface area (Å²) in [5.74, 6) is 1.05. The van der Waals surface area contributed by atoms with Gasteiger partial charge in [0.2, 0.25) is 0 Å². The third kappa shape index (κ3) is 4.12. The minimum atomic E-state index is -0.320. The summed E-state index contributed by atoms with van der Waals surface area (Å²) in [5.41, 5.74) is 6.11. The van der Waals surface area contributed by atoms with Crippen molar-refractivity contribution in [3.63, 3.8) is 0 Å². The lowest BCUT2D eigenvalue weighted by Crippen LogP contribution is -2.17. The van der Waals surface area contributed by atoms with Crippen LogP contribution in [0, 0.1) is 0 Å². The Labute approximate surface area is 172 Å². The van der Waals surface area contributed by atoms with E-state index in [0.717, 1.165) is 27.9 Å². The van der Waals surface area contributed by atoms with E-state index in [1.54, 1.807) is 31.5 Å². The predicted molar refractivity (Wildman–Crippen MR) is 115 cm³/mol. The van der Waals surface area contributed by atoms with E-state index in [4.69, 9.17) is 16.3 Å². The number of aromatic amines is 1. The van der Waals surface area contributed by atoms with Crippen molar-refractivity contribution < 1.29 is 9.53 Å². The number of carbonyl (C=O) groups is 1. The molecule has 2 N–H and O–H groups in total. The number of nitrogens with zero attached hydrogens (tertiary/aromatic N) is 2. The Balaban J connectivity index is 1.52. The number of carbonyl (C=O) groups excluding carboxylic acids is 1. The number of amides is 1. The number of ether oxygens (including phenoxy) is 1. The van der Waals surface area contributed by atoms with E-state index < -0.39 is 0 Å². The molecule has 6 nitrogen and oxygen atoms in total. The number of nitrogens with one attached hydrogen (secondary N) is 2. The monoisotopic (exact) mass is 404 g/mol. The summed E-state index contributed by atoms with van der Waals surface area (Å²) in [4.78, 5) is 20.2. The molecule has 0 fully saturated rings. The number of methoxy groups -OCH3 is 1. The van der Waals surface area contributed by atoms with Crippen LogP contribution >= 0.6 is 11.6 Å². The van der Waals surface area contributed by atoms with Crippen molar-refractivity contribution in [2.45, 2.75) is 0 Å². The average Bonchev–Trinajstić information content (AvgIpc) is 3.17. The van der Waals surface area contributed by atoms with Crippen LogP contribution in [-0.2, 0) is 0 Å². The molecule has 0 aliphatic rings. The first-order valence-electron chi connectivity index (χ1n) is 8.86. The van der Waals surface area contributed by atoms with Crippen LogP contribution in [0.15, 0.2) is 71.8 Å². The lowest BCUT2D eigenvalue weighted by molar-refractivity contribution is 0.0955. The van der Waals surface area contributed by atoms with Crippen LogP contribution < -0.4 is 10.2 Å². The van der Waals surface area contributed by atoms with Gasteiger partial charge in [0.1, 0.15) is 11.6 Å². The van der Waals surface area contributed by atoms with E-state index >= 15 is 0 Å². The van der Waals surface area contributed by atoms with Gasteiger partial charge in [0.15, 0.2) is 0 Å². The van der Waals surface area contributed by atoms with E-state index in [9.17, 15) is 4.79 Å². The highest BCUT2D eigenvalue weighted by atomic mass is 35.5. The molecule has 0 saturated carbocycles. The lowest BCUT2D eigenvalue weighted by atomic mass is 10.2. The first-order chi connectivity index (χ1) is 14.1. The molecule has 0 unspecified atom stereocenters.